The molecule has 2 rings (SSSR count). The van der Waals surface area contributed by atoms with Crippen molar-refractivity contribution < 1.29 is 0 Å². The van der Waals surface area contributed by atoms with Gasteiger partial charge in [0.15, 0.2) is 0 Å². The molecule has 0 radical (unpaired) electrons. The van der Waals surface area contributed by atoms with E-state index in [0.29, 0.717) is 0 Å². The van der Waals surface area contributed by atoms with Crippen LogP contribution in [0.15, 0.2) is 30.7 Å². The molecule has 0 saturated carbocycles. The third-order valence-corrected chi connectivity index (χ3v) is 3.43. The highest BCUT2D eigenvalue weighted by atomic mass is 15.0. The molecule has 0 aliphatic heterocycles. The monoisotopic (exact) mass is 242 g/mol. The van der Waals surface area contributed by atoms with E-state index in [2.05, 4.69) is 54.7 Å². The van der Waals surface area contributed by atoms with Crippen molar-refractivity contribution in [1.29, 1.82) is 0 Å². The van der Waals surface area contributed by atoms with Gasteiger partial charge in [-0.2, -0.15) is 0 Å². The highest BCUT2D eigenvalue weighted by Crippen LogP contribution is 2.13. The minimum atomic E-state index is 1.00. The second-order valence-corrected chi connectivity index (χ2v) is 4.98. The van der Waals surface area contributed by atoms with Crippen LogP contribution in [0.4, 0.5) is 0 Å². The van der Waals surface area contributed by atoms with Crippen LogP contribution in [-0.2, 0) is 19.4 Å². The average Bonchev–Trinajstić information content (AvgIpc) is 2.80. The average molecular weight is 242 g/mol. The van der Waals surface area contributed by atoms with Gasteiger partial charge in [-0.25, -0.2) is 4.98 Å². The third-order valence-electron chi connectivity index (χ3n) is 3.43. The van der Waals surface area contributed by atoms with Crippen LogP contribution in [0, 0.1) is 13.8 Å². The zero-order valence-corrected chi connectivity index (χ0v) is 11.6. The zero-order valence-electron chi connectivity index (χ0n) is 11.6. The first-order valence-corrected chi connectivity index (χ1v) is 6.76. The van der Waals surface area contributed by atoms with Gasteiger partial charge in [0, 0.05) is 12.7 Å². The summed E-state index contributed by atoms with van der Waals surface area (Å²) in [6.45, 7) is 7.49. The number of hydrogen-bond donors (Lipinski definition) is 0. The van der Waals surface area contributed by atoms with E-state index in [1.54, 1.807) is 0 Å². The molecule has 0 atom stereocenters. The largest absolute Gasteiger partial charge is 0.337 e. The smallest absolute Gasteiger partial charge is 0.0949 e. The van der Waals surface area contributed by atoms with Crippen LogP contribution in [0.25, 0.3) is 0 Å². The van der Waals surface area contributed by atoms with Crippen LogP contribution >= 0.6 is 0 Å². The topological polar surface area (TPSA) is 17.8 Å². The first-order valence-electron chi connectivity index (χ1n) is 6.76. The molecule has 1 heterocycles. The lowest BCUT2D eigenvalue weighted by Crippen LogP contribution is -1.94. The summed E-state index contributed by atoms with van der Waals surface area (Å²) < 4.78 is 2.13. The summed E-state index contributed by atoms with van der Waals surface area (Å²) in [5, 5.41) is 0. The van der Waals surface area contributed by atoms with Crippen molar-refractivity contribution in [3.63, 3.8) is 0 Å². The molecule has 0 fully saturated rings. The molecule has 0 N–H and O–H groups in total. The Bertz CT molecular complexity index is 512. The van der Waals surface area contributed by atoms with E-state index in [-0.39, 0.29) is 0 Å². The van der Waals surface area contributed by atoms with E-state index >= 15 is 0 Å². The van der Waals surface area contributed by atoms with Gasteiger partial charge in [0.05, 0.1) is 12.0 Å². The van der Waals surface area contributed by atoms with Crippen molar-refractivity contribution in [2.75, 3.05) is 0 Å². The van der Waals surface area contributed by atoms with Crippen molar-refractivity contribution in [3.8, 4) is 0 Å². The lowest BCUT2D eigenvalue weighted by Gasteiger charge is -2.06. The van der Waals surface area contributed by atoms with E-state index in [1.807, 2.05) is 6.33 Å². The Balaban J connectivity index is 1.88. The molecule has 2 aromatic rings. The van der Waals surface area contributed by atoms with Gasteiger partial charge in [0.25, 0.3) is 0 Å². The maximum atomic E-state index is 4.42. The number of aromatic nitrogens is 2. The normalized spacial score (nSPS) is 10.8. The van der Waals surface area contributed by atoms with Gasteiger partial charge in [-0.1, -0.05) is 23.8 Å². The lowest BCUT2D eigenvalue weighted by molar-refractivity contribution is 0.757. The Hall–Kier alpha value is -1.57. The van der Waals surface area contributed by atoms with Crippen molar-refractivity contribution >= 4 is 0 Å². The Kier molecular flexibility index (Phi) is 4.19. The Labute approximate surface area is 110 Å². The third kappa shape index (κ3) is 3.22. The van der Waals surface area contributed by atoms with Crippen LogP contribution in [0.3, 0.4) is 0 Å². The van der Waals surface area contributed by atoms with Crippen molar-refractivity contribution in [2.24, 2.45) is 0 Å². The number of rotatable bonds is 5. The molecule has 18 heavy (non-hydrogen) atoms. The minimum absolute atomic E-state index is 1.00. The summed E-state index contributed by atoms with van der Waals surface area (Å²) in [5.41, 5.74) is 5.43. The van der Waals surface area contributed by atoms with Gasteiger partial charge in [0.2, 0.25) is 0 Å². The van der Waals surface area contributed by atoms with E-state index < -0.39 is 0 Å². The summed E-state index contributed by atoms with van der Waals surface area (Å²) in [5.74, 6) is 0. The SMILES string of the molecule is CCn1cnc(CCCc2ccc(C)cc2C)c1. The van der Waals surface area contributed by atoms with Gasteiger partial charge in [0.1, 0.15) is 0 Å². The van der Waals surface area contributed by atoms with Crippen LogP contribution in [-0.4, -0.2) is 9.55 Å². The summed E-state index contributed by atoms with van der Waals surface area (Å²) in [6.07, 6.45) is 7.46. The molecular formula is C16H22N2. The number of benzene rings is 1. The molecule has 0 spiro atoms. The van der Waals surface area contributed by atoms with Gasteiger partial charge < -0.3 is 4.57 Å². The molecule has 2 heteroatoms. The molecule has 0 saturated heterocycles. The van der Waals surface area contributed by atoms with E-state index in [4.69, 9.17) is 0 Å². The van der Waals surface area contributed by atoms with E-state index in [1.165, 1.54) is 28.8 Å². The first kappa shape index (κ1) is 12.9. The Morgan fingerprint density at radius 3 is 2.67 bits per heavy atom. The predicted octanol–water partition coefficient (Wildman–Crippen LogP) is 3.70. The summed E-state index contributed by atoms with van der Waals surface area (Å²) >= 11 is 0. The molecule has 1 aromatic heterocycles. The minimum Gasteiger partial charge on any atom is -0.337 e. The zero-order chi connectivity index (χ0) is 13.0. The second kappa shape index (κ2) is 5.85. The fourth-order valence-electron chi connectivity index (χ4n) is 2.29. The van der Waals surface area contributed by atoms with Gasteiger partial charge in [-0.15, -0.1) is 0 Å². The van der Waals surface area contributed by atoms with Crippen LogP contribution in [0.1, 0.15) is 35.7 Å². The van der Waals surface area contributed by atoms with E-state index in [0.717, 1.165) is 19.4 Å². The fourth-order valence-corrected chi connectivity index (χ4v) is 2.29. The molecule has 96 valence electrons. The molecular weight excluding hydrogens is 220 g/mol. The molecule has 0 aliphatic carbocycles. The molecule has 2 nitrogen and oxygen atoms in total. The Morgan fingerprint density at radius 2 is 2.00 bits per heavy atom. The molecule has 1 aromatic carbocycles. The predicted molar refractivity (Wildman–Crippen MR) is 75.8 cm³/mol. The number of aryl methyl sites for hydroxylation is 5. The quantitative estimate of drug-likeness (QED) is 0.781. The highest BCUT2D eigenvalue weighted by Gasteiger charge is 2.01. The van der Waals surface area contributed by atoms with Crippen molar-refractivity contribution in [1.82, 2.24) is 9.55 Å². The number of hydrogen-bond acceptors (Lipinski definition) is 1. The van der Waals surface area contributed by atoms with Crippen molar-refractivity contribution in [2.45, 2.75) is 46.6 Å². The first-order chi connectivity index (χ1) is 8.69. The van der Waals surface area contributed by atoms with Gasteiger partial charge in [-0.05, 0) is 51.2 Å². The fraction of sp³-hybridized carbons (Fsp3) is 0.438. The van der Waals surface area contributed by atoms with Crippen LogP contribution in [0.5, 0.6) is 0 Å². The molecule has 0 bridgehead atoms. The van der Waals surface area contributed by atoms with Crippen LogP contribution in [0.2, 0.25) is 0 Å². The summed E-state index contributed by atoms with van der Waals surface area (Å²) in [7, 11) is 0. The second-order valence-electron chi connectivity index (χ2n) is 4.98. The van der Waals surface area contributed by atoms with Crippen molar-refractivity contribution in [3.05, 3.63) is 53.1 Å². The number of imidazole rings is 1. The van der Waals surface area contributed by atoms with E-state index in [9.17, 15) is 0 Å². The maximum Gasteiger partial charge on any atom is 0.0949 e. The lowest BCUT2D eigenvalue weighted by atomic mass is 10.0. The highest BCUT2D eigenvalue weighted by molar-refractivity contribution is 5.30. The molecule has 0 amide bonds. The van der Waals surface area contributed by atoms with Crippen LogP contribution < -0.4 is 0 Å². The standard InChI is InChI=1S/C16H22N2/c1-4-18-11-16(17-12-18)7-5-6-15-9-8-13(2)10-14(15)3/h8-12H,4-7H2,1-3H3. The molecule has 0 aliphatic rings. The van der Waals surface area contributed by atoms with Gasteiger partial charge in [-0.3, -0.25) is 0 Å². The van der Waals surface area contributed by atoms with Gasteiger partial charge >= 0.3 is 0 Å². The molecule has 0 unspecified atom stereocenters. The number of nitrogens with zero attached hydrogens (tertiary/aromatic N) is 2. The summed E-state index contributed by atoms with van der Waals surface area (Å²) in [4.78, 5) is 4.42. The Morgan fingerprint density at radius 1 is 1.17 bits per heavy atom. The summed E-state index contributed by atoms with van der Waals surface area (Å²) in [6, 6.07) is 6.73. The maximum absolute atomic E-state index is 4.42.